The fourth-order valence-corrected chi connectivity index (χ4v) is 4.11. The van der Waals surface area contributed by atoms with Crippen molar-refractivity contribution in [1.82, 2.24) is 9.62 Å². The lowest BCUT2D eigenvalue weighted by atomic mass is 10.1. The number of hydrogen-bond acceptors (Lipinski definition) is 4. The summed E-state index contributed by atoms with van der Waals surface area (Å²) < 4.78 is 23.9. The van der Waals surface area contributed by atoms with Gasteiger partial charge in [0.15, 0.2) is 0 Å². The predicted molar refractivity (Wildman–Crippen MR) is 87.9 cm³/mol. The van der Waals surface area contributed by atoms with Crippen molar-refractivity contribution in [2.45, 2.75) is 25.3 Å². The first-order chi connectivity index (χ1) is 10.7. The van der Waals surface area contributed by atoms with Crippen molar-refractivity contribution >= 4 is 45.0 Å². The molecule has 1 aliphatic rings. The molecule has 126 valence electrons. The van der Waals surface area contributed by atoms with Gasteiger partial charge in [0, 0.05) is 23.0 Å². The minimum Gasteiger partial charge on any atom is -0.354 e. The maximum atomic E-state index is 12.2. The Hall–Kier alpha value is -1.31. The summed E-state index contributed by atoms with van der Waals surface area (Å²) in [5.41, 5.74) is 0.818. The van der Waals surface area contributed by atoms with Gasteiger partial charge in [-0.25, -0.2) is 12.7 Å². The van der Waals surface area contributed by atoms with Gasteiger partial charge in [-0.1, -0.05) is 29.3 Å². The highest BCUT2D eigenvalue weighted by Gasteiger charge is 2.41. The largest absolute Gasteiger partial charge is 0.354 e. The second-order valence-corrected chi connectivity index (χ2v) is 7.99. The molecular formula is C14H16Cl2N2O4S. The summed E-state index contributed by atoms with van der Waals surface area (Å²) in [4.78, 5) is 23.8. The molecule has 1 atom stereocenters. The van der Waals surface area contributed by atoms with Gasteiger partial charge in [0.1, 0.15) is 6.04 Å². The fourth-order valence-electron chi connectivity index (χ4n) is 2.48. The first-order valence-electron chi connectivity index (χ1n) is 6.94. The lowest BCUT2D eigenvalue weighted by Gasteiger charge is -2.21. The molecule has 0 bridgehead atoms. The molecule has 1 saturated heterocycles. The van der Waals surface area contributed by atoms with Gasteiger partial charge in [0.05, 0.1) is 6.26 Å². The normalized spacial score (nSPS) is 18.3. The zero-order valence-corrected chi connectivity index (χ0v) is 14.7. The smallest absolute Gasteiger partial charge is 0.244 e. The Morgan fingerprint density at radius 3 is 2.70 bits per heavy atom. The molecule has 0 saturated carbocycles. The Bertz CT molecular complexity index is 736. The Morgan fingerprint density at radius 2 is 2.09 bits per heavy atom. The summed E-state index contributed by atoms with van der Waals surface area (Å²) in [6.45, 7) is 0.280. The Kier molecular flexibility index (Phi) is 5.54. The average molecular weight is 379 g/mol. The third-order valence-corrected chi connectivity index (χ3v) is 5.29. The Balaban J connectivity index is 1.96. The third kappa shape index (κ3) is 4.37. The number of carbonyl (C=O) groups excluding carboxylic acids is 2. The molecule has 0 aromatic heterocycles. The number of benzene rings is 1. The van der Waals surface area contributed by atoms with Crippen LogP contribution in [0, 0.1) is 0 Å². The molecule has 1 heterocycles. The molecule has 1 aliphatic heterocycles. The highest BCUT2D eigenvalue weighted by Crippen LogP contribution is 2.23. The predicted octanol–water partition coefficient (Wildman–Crippen LogP) is 1.60. The van der Waals surface area contributed by atoms with E-state index >= 15 is 0 Å². The zero-order valence-electron chi connectivity index (χ0n) is 12.4. The second kappa shape index (κ2) is 7.07. The maximum absolute atomic E-state index is 12.2. The number of nitrogens with zero attached hydrogens (tertiary/aromatic N) is 1. The van der Waals surface area contributed by atoms with Gasteiger partial charge in [0.25, 0.3) is 0 Å². The lowest BCUT2D eigenvalue weighted by molar-refractivity contribution is -0.130. The molecule has 0 aliphatic carbocycles. The van der Waals surface area contributed by atoms with E-state index in [4.69, 9.17) is 23.2 Å². The van der Waals surface area contributed by atoms with E-state index in [2.05, 4.69) is 5.32 Å². The van der Waals surface area contributed by atoms with Gasteiger partial charge in [-0.2, -0.15) is 0 Å². The summed E-state index contributed by atoms with van der Waals surface area (Å²) in [6, 6.07) is 4.10. The van der Waals surface area contributed by atoms with Crippen LogP contribution < -0.4 is 5.32 Å². The quantitative estimate of drug-likeness (QED) is 0.843. The van der Waals surface area contributed by atoms with Crippen LogP contribution in [-0.4, -0.2) is 43.4 Å². The van der Waals surface area contributed by atoms with Crippen molar-refractivity contribution in [3.63, 3.8) is 0 Å². The topological polar surface area (TPSA) is 83.6 Å². The number of amides is 2. The van der Waals surface area contributed by atoms with E-state index in [9.17, 15) is 18.0 Å². The molecule has 0 spiro atoms. The number of sulfonamides is 1. The van der Waals surface area contributed by atoms with Gasteiger partial charge < -0.3 is 5.32 Å². The van der Waals surface area contributed by atoms with E-state index in [0.717, 1.165) is 11.8 Å². The number of halogens is 2. The van der Waals surface area contributed by atoms with Gasteiger partial charge in [-0.3, -0.25) is 9.59 Å². The molecular weight excluding hydrogens is 363 g/mol. The standard InChI is InChI=1S/C14H16Cl2N2O4S/c1-23(21,22)18-12(4-5-13(18)19)14(20)17-7-6-9-2-3-10(15)8-11(9)16/h2-3,8,12H,4-7H2,1H3,(H,17,20). The van der Waals surface area contributed by atoms with Crippen LogP contribution in [0.4, 0.5) is 0 Å². The molecule has 2 amide bonds. The first kappa shape index (κ1) is 18.0. The van der Waals surface area contributed by atoms with Crippen LogP contribution in [0.15, 0.2) is 18.2 Å². The van der Waals surface area contributed by atoms with Crippen LogP contribution in [0.3, 0.4) is 0 Å². The van der Waals surface area contributed by atoms with Crippen LogP contribution in [0.5, 0.6) is 0 Å². The zero-order chi connectivity index (χ0) is 17.2. The molecule has 9 heteroatoms. The van der Waals surface area contributed by atoms with Crippen LogP contribution in [-0.2, 0) is 26.0 Å². The molecule has 1 aromatic carbocycles. The van der Waals surface area contributed by atoms with Crippen LogP contribution in [0.2, 0.25) is 10.0 Å². The summed E-state index contributed by atoms with van der Waals surface area (Å²) >= 11 is 11.9. The summed E-state index contributed by atoms with van der Waals surface area (Å²) in [5.74, 6) is -1.03. The van der Waals surface area contributed by atoms with Crippen molar-refractivity contribution in [1.29, 1.82) is 0 Å². The maximum Gasteiger partial charge on any atom is 0.244 e. The van der Waals surface area contributed by atoms with E-state index in [-0.39, 0.29) is 19.4 Å². The fraction of sp³-hybridized carbons (Fsp3) is 0.429. The lowest BCUT2D eigenvalue weighted by Crippen LogP contribution is -2.47. The second-order valence-electron chi connectivity index (χ2n) is 5.28. The highest BCUT2D eigenvalue weighted by atomic mass is 35.5. The van der Waals surface area contributed by atoms with E-state index in [1.807, 2.05) is 0 Å². The molecule has 1 fully saturated rings. The molecule has 1 unspecified atom stereocenters. The van der Waals surface area contributed by atoms with E-state index in [1.54, 1.807) is 18.2 Å². The molecule has 6 nitrogen and oxygen atoms in total. The Morgan fingerprint density at radius 1 is 1.39 bits per heavy atom. The van der Waals surface area contributed by atoms with Crippen molar-refractivity contribution in [2.75, 3.05) is 12.8 Å². The van der Waals surface area contributed by atoms with E-state index < -0.39 is 27.9 Å². The first-order valence-corrected chi connectivity index (χ1v) is 9.54. The molecule has 2 rings (SSSR count). The van der Waals surface area contributed by atoms with Crippen molar-refractivity contribution < 1.29 is 18.0 Å². The van der Waals surface area contributed by atoms with Crippen molar-refractivity contribution in [3.8, 4) is 0 Å². The number of hydrogen-bond donors (Lipinski definition) is 1. The third-order valence-electron chi connectivity index (χ3n) is 3.53. The van der Waals surface area contributed by atoms with Gasteiger partial charge in [0.2, 0.25) is 21.8 Å². The number of carbonyl (C=O) groups is 2. The van der Waals surface area contributed by atoms with Gasteiger partial charge in [-0.05, 0) is 30.5 Å². The summed E-state index contributed by atoms with van der Waals surface area (Å²) in [7, 11) is -3.75. The van der Waals surface area contributed by atoms with E-state index in [0.29, 0.717) is 20.8 Å². The van der Waals surface area contributed by atoms with Crippen LogP contribution in [0.25, 0.3) is 0 Å². The number of nitrogens with one attached hydrogen (secondary N) is 1. The summed E-state index contributed by atoms with van der Waals surface area (Å²) in [6.07, 6.45) is 1.64. The van der Waals surface area contributed by atoms with Crippen LogP contribution >= 0.6 is 23.2 Å². The number of rotatable bonds is 5. The van der Waals surface area contributed by atoms with Crippen LogP contribution in [0.1, 0.15) is 18.4 Å². The Labute approximate surface area is 144 Å². The average Bonchev–Trinajstić information content (AvgIpc) is 2.83. The van der Waals surface area contributed by atoms with Crippen molar-refractivity contribution in [3.05, 3.63) is 33.8 Å². The van der Waals surface area contributed by atoms with Gasteiger partial charge >= 0.3 is 0 Å². The molecule has 1 N–H and O–H groups in total. The summed E-state index contributed by atoms with van der Waals surface area (Å²) in [5, 5.41) is 3.67. The molecule has 0 radical (unpaired) electrons. The SMILES string of the molecule is CS(=O)(=O)N1C(=O)CCC1C(=O)NCCc1ccc(Cl)cc1Cl. The van der Waals surface area contributed by atoms with E-state index in [1.165, 1.54) is 0 Å². The minimum absolute atomic E-state index is 0.0498. The molecule has 1 aromatic rings. The molecule has 23 heavy (non-hydrogen) atoms. The van der Waals surface area contributed by atoms with Gasteiger partial charge in [-0.15, -0.1) is 0 Å². The monoisotopic (exact) mass is 378 g/mol. The minimum atomic E-state index is -3.75. The highest BCUT2D eigenvalue weighted by molar-refractivity contribution is 7.89. The van der Waals surface area contributed by atoms with Crippen molar-refractivity contribution in [2.24, 2.45) is 0 Å².